The molecule has 0 spiro atoms. The van der Waals surface area contributed by atoms with Crippen LogP contribution in [-0.4, -0.2) is 47.3 Å². The van der Waals surface area contributed by atoms with Gasteiger partial charge in [0.15, 0.2) is 11.5 Å². The van der Waals surface area contributed by atoms with Crippen molar-refractivity contribution in [3.8, 4) is 11.5 Å². The lowest BCUT2D eigenvalue weighted by Crippen LogP contribution is -2.32. The van der Waals surface area contributed by atoms with Gasteiger partial charge in [0, 0.05) is 25.0 Å². The van der Waals surface area contributed by atoms with E-state index in [1.807, 2.05) is 0 Å². The number of methoxy groups -OCH3 is 1. The van der Waals surface area contributed by atoms with Crippen LogP contribution in [0.4, 0.5) is 0 Å². The minimum absolute atomic E-state index is 0.0446. The largest absolute Gasteiger partial charge is 0.504 e. The highest BCUT2D eigenvalue weighted by molar-refractivity contribution is 5.89. The molecule has 1 heterocycles. The van der Waals surface area contributed by atoms with Crippen LogP contribution in [0.2, 0.25) is 0 Å². The van der Waals surface area contributed by atoms with Crippen molar-refractivity contribution in [1.29, 1.82) is 0 Å². The van der Waals surface area contributed by atoms with Crippen LogP contribution in [0.5, 0.6) is 11.5 Å². The highest BCUT2D eigenvalue weighted by atomic mass is 16.7. The highest BCUT2D eigenvalue weighted by Gasteiger charge is 2.35. The lowest BCUT2D eigenvalue weighted by molar-refractivity contribution is -0.145. The predicted molar refractivity (Wildman–Crippen MR) is 93.9 cm³/mol. The Bertz CT molecular complexity index is 765. The van der Waals surface area contributed by atoms with Crippen LogP contribution in [-0.2, 0) is 30.2 Å². The molecule has 2 unspecified atom stereocenters. The molecular weight excluding hydrogens is 356 g/mol. The first-order valence-electron chi connectivity index (χ1n) is 8.31. The Labute approximate surface area is 156 Å². The highest BCUT2D eigenvalue weighted by Crippen LogP contribution is 2.33. The first kappa shape index (κ1) is 20.3. The average molecular weight is 378 g/mol. The van der Waals surface area contributed by atoms with E-state index in [0.717, 1.165) is 6.26 Å². The monoisotopic (exact) mass is 378 g/mol. The maximum absolute atomic E-state index is 12.2. The quantitative estimate of drug-likeness (QED) is 0.375. The summed E-state index contributed by atoms with van der Waals surface area (Å²) >= 11 is 0. The van der Waals surface area contributed by atoms with Gasteiger partial charge in [-0.2, -0.15) is 0 Å². The zero-order chi connectivity index (χ0) is 20.0. The maximum atomic E-state index is 12.2. The fourth-order valence-corrected chi connectivity index (χ4v) is 2.83. The third-order valence-corrected chi connectivity index (χ3v) is 4.23. The summed E-state index contributed by atoms with van der Waals surface area (Å²) in [5.74, 6) is -2.93. The zero-order valence-corrected chi connectivity index (χ0v) is 15.0. The Hall–Kier alpha value is -3.00. The minimum Gasteiger partial charge on any atom is -0.504 e. The van der Waals surface area contributed by atoms with Crippen molar-refractivity contribution in [3.63, 3.8) is 0 Å². The van der Waals surface area contributed by atoms with Gasteiger partial charge >= 0.3 is 11.9 Å². The molecule has 1 aliphatic heterocycles. The lowest BCUT2D eigenvalue weighted by atomic mass is 9.86. The first-order chi connectivity index (χ1) is 12.9. The lowest BCUT2D eigenvalue weighted by Gasteiger charge is -2.30. The summed E-state index contributed by atoms with van der Waals surface area (Å²) in [6, 6.07) is 4.34. The second kappa shape index (κ2) is 9.09. The van der Waals surface area contributed by atoms with Gasteiger partial charge in [-0.15, -0.1) is 0 Å². The smallest absolute Gasteiger partial charge is 0.335 e. The van der Waals surface area contributed by atoms with E-state index in [2.05, 4.69) is 0 Å². The number of carboxylic acids is 1. The molecule has 2 rings (SSSR count). The Morgan fingerprint density at radius 2 is 2.00 bits per heavy atom. The maximum Gasteiger partial charge on any atom is 0.335 e. The van der Waals surface area contributed by atoms with E-state index >= 15 is 0 Å². The number of allylic oxidation sites excluding steroid dienone is 1. The fraction of sp³-hybridized carbons (Fsp3) is 0.368. The molecule has 0 fully saturated rings. The van der Waals surface area contributed by atoms with Crippen molar-refractivity contribution < 1.29 is 39.1 Å². The minimum atomic E-state index is -1.18. The number of carboxylic acid groups (broad SMARTS) is 1. The van der Waals surface area contributed by atoms with Gasteiger partial charge in [0.25, 0.3) is 0 Å². The summed E-state index contributed by atoms with van der Waals surface area (Å²) in [7, 11) is 1.43. The van der Waals surface area contributed by atoms with Crippen molar-refractivity contribution in [2.24, 2.45) is 5.92 Å². The number of benzene rings is 1. The number of esters is 1. The average Bonchev–Trinajstić information content (AvgIpc) is 2.63. The molecule has 8 nitrogen and oxygen atoms in total. The Morgan fingerprint density at radius 1 is 1.26 bits per heavy atom. The summed E-state index contributed by atoms with van der Waals surface area (Å²) in [5.41, 5.74) is 1.18. The van der Waals surface area contributed by atoms with Gasteiger partial charge in [0.2, 0.25) is 6.29 Å². The van der Waals surface area contributed by atoms with Crippen molar-refractivity contribution in [2.75, 3.05) is 13.7 Å². The van der Waals surface area contributed by atoms with E-state index < -0.39 is 24.1 Å². The van der Waals surface area contributed by atoms with E-state index in [4.69, 9.17) is 14.2 Å². The molecule has 8 heteroatoms. The summed E-state index contributed by atoms with van der Waals surface area (Å²) in [4.78, 5) is 23.7. The number of carbonyl (C=O) groups is 2. The van der Waals surface area contributed by atoms with Gasteiger partial charge in [-0.05, 0) is 24.6 Å². The first-order valence-corrected chi connectivity index (χ1v) is 8.31. The summed E-state index contributed by atoms with van der Waals surface area (Å²) < 4.78 is 15.6. The van der Waals surface area contributed by atoms with E-state index in [1.54, 1.807) is 19.1 Å². The van der Waals surface area contributed by atoms with Crippen LogP contribution in [0, 0.1) is 5.92 Å². The summed E-state index contributed by atoms with van der Waals surface area (Å²) in [6.07, 6.45) is 2.19. The molecule has 1 aromatic carbocycles. The van der Waals surface area contributed by atoms with Gasteiger partial charge in [0.05, 0.1) is 24.9 Å². The number of phenols is 2. The molecule has 0 amide bonds. The molecule has 0 saturated carbocycles. The molecule has 27 heavy (non-hydrogen) atoms. The van der Waals surface area contributed by atoms with Crippen molar-refractivity contribution >= 4 is 11.9 Å². The van der Waals surface area contributed by atoms with Gasteiger partial charge in [-0.25, -0.2) is 4.79 Å². The molecule has 2 atom stereocenters. The number of aromatic hydroxyl groups is 2. The van der Waals surface area contributed by atoms with Gasteiger partial charge in [0.1, 0.15) is 0 Å². The van der Waals surface area contributed by atoms with Crippen LogP contribution in [0.1, 0.15) is 18.9 Å². The standard InChI is InChI=1S/C19H22O8/c1-3-12-13(14(18(23)24)10-27-19(12)25-2)9-17(22)26-7-6-11-4-5-15(20)16(21)8-11/h3-5,8,10,13,19-21H,6-7,9H2,1-2H3,(H,23,24)/b12-3-. The van der Waals surface area contributed by atoms with Gasteiger partial charge in [-0.1, -0.05) is 12.1 Å². The molecule has 1 aliphatic rings. The predicted octanol–water partition coefficient (Wildman–Crippen LogP) is 2.11. The van der Waals surface area contributed by atoms with Gasteiger partial charge < -0.3 is 29.5 Å². The summed E-state index contributed by atoms with van der Waals surface area (Å²) in [6.45, 7) is 1.77. The number of carbonyl (C=O) groups excluding carboxylic acids is 1. The number of aliphatic carboxylic acids is 1. The Morgan fingerprint density at radius 3 is 2.59 bits per heavy atom. The molecule has 146 valence electrons. The number of hydrogen-bond donors (Lipinski definition) is 3. The SMILES string of the molecule is C/C=C1\C(OC)OC=C(C(=O)O)C1CC(=O)OCCc1ccc(O)c(O)c1. The van der Waals surface area contributed by atoms with Gasteiger partial charge in [-0.3, -0.25) is 4.79 Å². The third kappa shape index (κ3) is 5.01. The van der Waals surface area contributed by atoms with Crippen LogP contribution in [0.3, 0.4) is 0 Å². The Kier molecular flexibility index (Phi) is 6.84. The second-order valence-corrected chi connectivity index (χ2v) is 5.92. The van der Waals surface area contributed by atoms with Crippen LogP contribution in [0.25, 0.3) is 0 Å². The second-order valence-electron chi connectivity index (χ2n) is 5.92. The fourth-order valence-electron chi connectivity index (χ4n) is 2.83. The van der Waals surface area contributed by atoms with Crippen molar-refractivity contribution in [1.82, 2.24) is 0 Å². The summed E-state index contributed by atoms with van der Waals surface area (Å²) in [5, 5.41) is 28.1. The van der Waals surface area contributed by atoms with E-state index in [-0.39, 0.29) is 30.1 Å². The topological polar surface area (TPSA) is 123 Å². The number of ether oxygens (including phenoxy) is 3. The van der Waals surface area contributed by atoms with Crippen LogP contribution < -0.4 is 0 Å². The zero-order valence-electron chi connectivity index (χ0n) is 15.0. The van der Waals surface area contributed by atoms with Crippen LogP contribution >= 0.6 is 0 Å². The molecule has 1 aromatic rings. The third-order valence-electron chi connectivity index (χ3n) is 4.23. The molecule has 0 aliphatic carbocycles. The normalized spacial score (nSPS) is 20.7. The van der Waals surface area contributed by atoms with Crippen LogP contribution in [0.15, 0.2) is 41.7 Å². The number of hydrogen-bond acceptors (Lipinski definition) is 7. The number of rotatable bonds is 7. The van der Waals surface area contributed by atoms with E-state index in [0.29, 0.717) is 17.6 Å². The molecule has 0 saturated heterocycles. The van der Waals surface area contributed by atoms with Crippen molar-refractivity contribution in [3.05, 3.63) is 47.2 Å². The molecule has 0 radical (unpaired) electrons. The van der Waals surface area contributed by atoms with E-state index in [9.17, 15) is 24.9 Å². The molecule has 3 N–H and O–H groups in total. The van der Waals surface area contributed by atoms with Crippen molar-refractivity contribution in [2.45, 2.75) is 26.1 Å². The number of phenolic OH excluding ortho intramolecular Hbond substituents is 2. The Balaban J connectivity index is 1.99. The molecule has 0 bridgehead atoms. The van der Waals surface area contributed by atoms with E-state index in [1.165, 1.54) is 19.2 Å². The molecule has 0 aromatic heterocycles. The molecular formula is C19H22O8.